The highest BCUT2D eigenvalue weighted by atomic mass is 127. The lowest BCUT2D eigenvalue weighted by molar-refractivity contribution is 0.0342. The Morgan fingerprint density at radius 1 is 1.04 bits per heavy atom. The first-order chi connectivity index (χ1) is 11.3. The average molecular weight is 462 g/mol. The molecule has 2 aliphatic rings. The van der Waals surface area contributed by atoms with E-state index >= 15 is 0 Å². The SMILES string of the molecule is I.NC(=NCc1ccc(CN2CCOCC2)cc1)N1CCSCC1. The molecule has 3 rings (SSSR count). The van der Waals surface area contributed by atoms with E-state index in [9.17, 15) is 0 Å². The molecule has 134 valence electrons. The van der Waals surface area contributed by atoms with Gasteiger partial charge in [-0.3, -0.25) is 4.90 Å². The third-order valence-electron chi connectivity index (χ3n) is 4.29. The molecule has 2 fully saturated rings. The van der Waals surface area contributed by atoms with E-state index in [0.717, 1.165) is 57.4 Å². The van der Waals surface area contributed by atoms with Gasteiger partial charge in [0, 0.05) is 44.2 Å². The first kappa shape index (κ1) is 19.8. The predicted octanol–water partition coefficient (Wildman–Crippen LogP) is 2.00. The molecule has 5 nitrogen and oxygen atoms in total. The molecule has 2 heterocycles. The zero-order valence-electron chi connectivity index (χ0n) is 14.0. The molecule has 0 amide bonds. The van der Waals surface area contributed by atoms with Crippen LogP contribution in [-0.2, 0) is 17.8 Å². The molecular weight excluding hydrogens is 435 g/mol. The Morgan fingerprint density at radius 3 is 2.33 bits per heavy atom. The van der Waals surface area contributed by atoms with Crippen molar-refractivity contribution in [3.8, 4) is 0 Å². The second-order valence-corrected chi connectivity index (χ2v) is 7.20. The summed E-state index contributed by atoms with van der Waals surface area (Å²) in [6.07, 6.45) is 0. The third kappa shape index (κ3) is 6.09. The number of aliphatic imine (C=N–C) groups is 1. The van der Waals surface area contributed by atoms with Crippen molar-refractivity contribution in [1.82, 2.24) is 9.80 Å². The van der Waals surface area contributed by atoms with Crippen LogP contribution in [0.15, 0.2) is 29.3 Å². The smallest absolute Gasteiger partial charge is 0.191 e. The molecule has 0 saturated carbocycles. The van der Waals surface area contributed by atoms with E-state index < -0.39 is 0 Å². The van der Waals surface area contributed by atoms with E-state index in [4.69, 9.17) is 10.5 Å². The summed E-state index contributed by atoms with van der Waals surface area (Å²) < 4.78 is 5.39. The van der Waals surface area contributed by atoms with Crippen molar-refractivity contribution in [2.45, 2.75) is 13.1 Å². The number of nitrogens with zero attached hydrogens (tertiary/aromatic N) is 3. The van der Waals surface area contributed by atoms with Crippen molar-refractivity contribution >= 4 is 41.7 Å². The summed E-state index contributed by atoms with van der Waals surface area (Å²) in [5, 5.41) is 0. The number of guanidine groups is 1. The van der Waals surface area contributed by atoms with E-state index in [1.165, 1.54) is 11.1 Å². The first-order valence-electron chi connectivity index (χ1n) is 8.32. The Balaban J connectivity index is 0.00000208. The highest BCUT2D eigenvalue weighted by Gasteiger charge is 2.12. The van der Waals surface area contributed by atoms with Gasteiger partial charge in [0.25, 0.3) is 0 Å². The molecule has 1 aromatic carbocycles. The largest absolute Gasteiger partial charge is 0.379 e. The molecule has 0 bridgehead atoms. The number of rotatable bonds is 4. The summed E-state index contributed by atoms with van der Waals surface area (Å²) in [7, 11) is 0. The molecule has 1 aromatic rings. The van der Waals surface area contributed by atoms with Gasteiger partial charge in [0.2, 0.25) is 0 Å². The lowest BCUT2D eigenvalue weighted by atomic mass is 10.1. The van der Waals surface area contributed by atoms with Crippen molar-refractivity contribution < 1.29 is 4.74 Å². The molecule has 0 aliphatic carbocycles. The summed E-state index contributed by atoms with van der Waals surface area (Å²) in [4.78, 5) is 9.16. The molecule has 24 heavy (non-hydrogen) atoms. The summed E-state index contributed by atoms with van der Waals surface area (Å²) in [6.45, 7) is 7.43. The number of thioether (sulfide) groups is 1. The Bertz CT molecular complexity index is 514. The minimum Gasteiger partial charge on any atom is -0.379 e. The van der Waals surface area contributed by atoms with Crippen molar-refractivity contribution in [2.24, 2.45) is 10.7 Å². The number of hydrogen-bond donors (Lipinski definition) is 1. The van der Waals surface area contributed by atoms with Gasteiger partial charge in [-0.25, -0.2) is 4.99 Å². The highest BCUT2D eigenvalue weighted by Crippen LogP contribution is 2.11. The van der Waals surface area contributed by atoms with Crippen LogP contribution in [0, 0.1) is 0 Å². The second-order valence-electron chi connectivity index (χ2n) is 5.98. The standard InChI is InChI=1S/C17H26N4OS.HI/c18-17(21-7-11-23-12-8-21)19-13-15-1-3-16(4-2-15)14-20-5-9-22-10-6-20;/h1-4H,5-14H2,(H2,18,19);1H. The zero-order valence-corrected chi connectivity index (χ0v) is 17.2. The Labute approximate surface area is 166 Å². The minimum atomic E-state index is 0. The molecule has 2 saturated heterocycles. The first-order valence-corrected chi connectivity index (χ1v) is 9.47. The van der Waals surface area contributed by atoms with Crippen LogP contribution in [0.5, 0.6) is 0 Å². The normalized spacial score (nSPS) is 19.8. The number of halogens is 1. The number of morpholine rings is 1. The molecule has 2 aliphatic heterocycles. The van der Waals surface area contributed by atoms with Gasteiger partial charge in [-0.05, 0) is 11.1 Å². The molecule has 0 radical (unpaired) electrons. The van der Waals surface area contributed by atoms with Crippen LogP contribution in [0.3, 0.4) is 0 Å². The van der Waals surface area contributed by atoms with Gasteiger partial charge in [0.05, 0.1) is 19.8 Å². The molecule has 0 aromatic heterocycles. The van der Waals surface area contributed by atoms with Crippen molar-refractivity contribution in [2.75, 3.05) is 50.9 Å². The number of hydrogen-bond acceptors (Lipinski definition) is 4. The fourth-order valence-corrected chi connectivity index (χ4v) is 3.74. The van der Waals surface area contributed by atoms with Crippen LogP contribution in [0.4, 0.5) is 0 Å². The Morgan fingerprint density at radius 2 is 1.67 bits per heavy atom. The zero-order chi connectivity index (χ0) is 15.9. The van der Waals surface area contributed by atoms with E-state index in [2.05, 4.69) is 39.1 Å². The van der Waals surface area contributed by atoms with Gasteiger partial charge < -0.3 is 15.4 Å². The number of benzene rings is 1. The fourth-order valence-electron chi connectivity index (χ4n) is 2.83. The van der Waals surface area contributed by atoms with Crippen LogP contribution in [0.25, 0.3) is 0 Å². The lowest BCUT2D eigenvalue weighted by Gasteiger charge is -2.27. The van der Waals surface area contributed by atoms with Gasteiger partial charge in [-0.1, -0.05) is 24.3 Å². The maximum Gasteiger partial charge on any atom is 0.191 e. The minimum absolute atomic E-state index is 0. The van der Waals surface area contributed by atoms with Crippen LogP contribution in [0.2, 0.25) is 0 Å². The molecule has 0 atom stereocenters. The Kier molecular flexibility index (Phi) is 8.65. The van der Waals surface area contributed by atoms with Gasteiger partial charge >= 0.3 is 0 Å². The van der Waals surface area contributed by atoms with E-state index in [1.54, 1.807) is 0 Å². The molecule has 7 heteroatoms. The monoisotopic (exact) mass is 462 g/mol. The summed E-state index contributed by atoms with van der Waals surface area (Å²) in [5.41, 5.74) is 8.66. The van der Waals surface area contributed by atoms with Crippen LogP contribution >= 0.6 is 35.7 Å². The van der Waals surface area contributed by atoms with Gasteiger partial charge in [0.1, 0.15) is 0 Å². The third-order valence-corrected chi connectivity index (χ3v) is 5.23. The molecule has 0 unspecified atom stereocenters. The second kappa shape index (κ2) is 10.5. The van der Waals surface area contributed by atoms with Crippen molar-refractivity contribution in [3.63, 3.8) is 0 Å². The molecular formula is C17H27IN4OS. The summed E-state index contributed by atoms with van der Waals surface area (Å²) in [6, 6.07) is 8.74. The van der Waals surface area contributed by atoms with Gasteiger partial charge in [-0.2, -0.15) is 11.8 Å². The molecule has 2 N–H and O–H groups in total. The van der Waals surface area contributed by atoms with Gasteiger partial charge in [0.15, 0.2) is 5.96 Å². The fraction of sp³-hybridized carbons (Fsp3) is 0.588. The van der Waals surface area contributed by atoms with Crippen LogP contribution < -0.4 is 5.73 Å². The van der Waals surface area contributed by atoms with Crippen LogP contribution in [0.1, 0.15) is 11.1 Å². The highest BCUT2D eigenvalue weighted by molar-refractivity contribution is 14.0. The number of ether oxygens (including phenoxy) is 1. The topological polar surface area (TPSA) is 54.1 Å². The van der Waals surface area contributed by atoms with Crippen molar-refractivity contribution in [1.29, 1.82) is 0 Å². The van der Waals surface area contributed by atoms with E-state index in [1.807, 2.05) is 11.8 Å². The Hall–Kier alpha value is -0.510. The number of nitrogens with two attached hydrogens (primary N) is 1. The maximum absolute atomic E-state index is 6.10. The summed E-state index contributed by atoms with van der Waals surface area (Å²) >= 11 is 1.98. The van der Waals surface area contributed by atoms with E-state index in [0.29, 0.717) is 12.5 Å². The average Bonchev–Trinajstić information content (AvgIpc) is 2.62. The summed E-state index contributed by atoms with van der Waals surface area (Å²) in [5.74, 6) is 2.97. The quantitative estimate of drug-likeness (QED) is 0.422. The van der Waals surface area contributed by atoms with E-state index in [-0.39, 0.29) is 24.0 Å². The van der Waals surface area contributed by atoms with Gasteiger partial charge in [-0.15, -0.1) is 24.0 Å². The maximum atomic E-state index is 6.10. The van der Waals surface area contributed by atoms with Crippen LogP contribution in [-0.4, -0.2) is 66.7 Å². The molecule has 0 spiro atoms. The predicted molar refractivity (Wildman–Crippen MR) is 112 cm³/mol. The lowest BCUT2D eigenvalue weighted by Crippen LogP contribution is -2.42. The van der Waals surface area contributed by atoms with Crippen molar-refractivity contribution in [3.05, 3.63) is 35.4 Å².